The first-order chi connectivity index (χ1) is 25.9. The lowest BCUT2D eigenvalue weighted by molar-refractivity contribution is -0.253. The highest BCUT2D eigenvalue weighted by atomic mass is 19.4. The number of rotatable bonds is 12. The predicted octanol–water partition coefficient (Wildman–Crippen LogP) is 6.61. The molecule has 2 saturated heterocycles. The number of benzene rings is 4. The van der Waals surface area contributed by atoms with Crippen molar-refractivity contribution in [3.05, 3.63) is 131 Å². The summed E-state index contributed by atoms with van der Waals surface area (Å²) in [5.74, 6) is -2.60. The van der Waals surface area contributed by atoms with Crippen LogP contribution in [0.15, 0.2) is 103 Å². The minimum absolute atomic E-state index is 0.0524. The molecule has 0 radical (unpaired) electrons. The van der Waals surface area contributed by atoms with Gasteiger partial charge < -0.3 is 29.9 Å². The van der Waals surface area contributed by atoms with Gasteiger partial charge in [0.15, 0.2) is 6.29 Å². The summed E-state index contributed by atoms with van der Waals surface area (Å²) in [6.45, 7) is 2.48. The van der Waals surface area contributed by atoms with Crippen LogP contribution in [-0.4, -0.2) is 76.3 Å². The number of halogens is 3. The Hall–Kier alpha value is -4.59. The Morgan fingerprint density at radius 3 is 2.30 bits per heavy atom. The molecule has 6 atom stereocenters. The van der Waals surface area contributed by atoms with E-state index in [9.17, 15) is 33.0 Å². The average molecular weight is 746 g/mol. The quantitative estimate of drug-likeness (QED) is 0.150. The number of likely N-dealkylation sites (N-methyl/N-ethyl adjacent to an activating group) is 1. The van der Waals surface area contributed by atoms with Gasteiger partial charge in [-0.15, -0.1) is 0 Å². The first-order valence-corrected chi connectivity index (χ1v) is 18.2. The third-order valence-electron chi connectivity index (χ3n) is 10.4. The molecule has 2 aliphatic heterocycles. The number of ether oxygens (including phenoxy) is 2. The van der Waals surface area contributed by atoms with E-state index < -0.39 is 36.4 Å². The molecule has 6 unspecified atom stereocenters. The van der Waals surface area contributed by atoms with E-state index in [0.29, 0.717) is 24.3 Å². The monoisotopic (exact) mass is 745 g/mol. The smallest absolute Gasteiger partial charge is 0.392 e. The fourth-order valence-electron chi connectivity index (χ4n) is 7.14. The highest BCUT2D eigenvalue weighted by molar-refractivity contribution is 5.90. The van der Waals surface area contributed by atoms with Gasteiger partial charge in [-0.25, -0.2) is 0 Å². The van der Waals surface area contributed by atoms with Crippen molar-refractivity contribution >= 4 is 11.8 Å². The predicted molar refractivity (Wildman–Crippen MR) is 196 cm³/mol. The maximum absolute atomic E-state index is 13.0. The van der Waals surface area contributed by atoms with Crippen molar-refractivity contribution in [3.63, 3.8) is 0 Å². The van der Waals surface area contributed by atoms with Gasteiger partial charge in [0.1, 0.15) is 6.04 Å². The number of nitrogens with one attached hydrogen (secondary N) is 1. The normalized spacial score (nSPS) is 21.5. The van der Waals surface area contributed by atoms with Gasteiger partial charge in [-0.3, -0.25) is 14.5 Å². The number of hydrogen-bond acceptors (Lipinski definition) is 7. The average Bonchev–Trinajstić information content (AvgIpc) is 3.69. The second-order valence-electron chi connectivity index (χ2n) is 14.1. The zero-order valence-corrected chi connectivity index (χ0v) is 30.3. The van der Waals surface area contributed by atoms with E-state index in [2.05, 4.69) is 10.2 Å². The molecular weight excluding hydrogens is 699 g/mol. The SMILES string of the molecule is CC(C(O)c1ccccc1)N(C)CC1CC(c2ccc(CO)cc2)OC(c2ccc(-c3cccc(CNC(=O)C4CCCN4C(=O)C(F)(F)F)c3)cc2)O1. The molecule has 2 fully saturated rings. The molecule has 0 aromatic heterocycles. The standard InChI is InChI=1S/C42H46F3N3O6/c1-27(38(50)32-9-4-3-5-10-32)47(2)25-35-23-37(31-15-13-28(26-49)14-16-31)54-40(53-35)33-19-17-30(18-20-33)34-11-6-8-29(22-34)24-46-39(51)36-12-7-21-48(36)41(52)42(43,44)45/h3-6,8-11,13-20,22,27,35-38,40,49-50H,7,12,21,23-26H2,1-2H3,(H,46,51). The third kappa shape index (κ3) is 9.37. The van der Waals surface area contributed by atoms with E-state index >= 15 is 0 Å². The molecule has 2 heterocycles. The largest absolute Gasteiger partial charge is 0.471 e. The molecule has 3 N–H and O–H groups in total. The number of carbonyl (C=O) groups is 2. The van der Waals surface area contributed by atoms with Crippen molar-refractivity contribution in [1.29, 1.82) is 0 Å². The molecule has 2 amide bonds. The van der Waals surface area contributed by atoms with Crippen LogP contribution in [0, 0.1) is 0 Å². The number of nitrogens with zero attached hydrogens (tertiary/aromatic N) is 2. The minimum atomic E-state index is -5.03. The van der Waals surface area contributed by atoms with Gasteiger partial charge in [0, 0.05) is 37.7 Å². The van der Waals surface area contributed by atoms with Crippen molar-refractivity contribution in [2.45, 2.75) is 82.2 Å². The highest BCUT2D eigenvalue weighted by Crippen LogP contribution is 2.39. The second kappa shape index (κ2) is 17.3. The van der Waals surface area contributed by atoms with Crippen molar-refractivity contribution < 1.29 is 42.4 Å². The van der Waals surface area contributed by atoms with Crippen LogP contribution in [0.2, 0.25) is 0 Å². The number of carbonyl (C=O) groups excluding carboxylic acids is 2. The van der Waals surface area contributed by atoms with E-state index in [4.69, 9.17) is 9.47 Å². The Morgan fingerprint density at radius 2 is 1.61 bits per heavy atom. The maximum Gasteiger partial charge on any atom is 0.471 e. The molecule has 2 aliphatic rings. The molecule has 4 aromatic rings. The van der Waals surface area contributed by atoms with Crippen LogP contribution in [0.25, 0.3) is 11.1 Å². The molecule has 6 rings (SSSR count). The number of aliphatic hydroxyl groups excluding tert-OH is 2. The third-order valence-corrected chi connectivity index (χ3v) is 10.4. The fraction of sp³-hybridized carbons (Fsp3) is 0.381. The lowest BCUT2D eigenvalue weighted by Crippen LogP contribution is -2.50. The Balaban J connectivity index is 1.13. The van der Waals surface area contributed by atoms with Gasteiger partial charge in [-0.2, -0.15) is 13.2 Å². The van der Waals surface area contributed by atoms with E-state index in [1.54, 1.807) is 0 Å². The molecule has 0 aliphatic carbocycles. The van der Waals surface area contributed by atoms with Crippen molar-refractivity contribution in [1.82, 2.24) is 15.1 Å². The van der Waals surface area contributed by atoms with Crippen molar-refractivity contribution in [2.75, 3.05) is 20.1 Å². The number of alkyl halides is 3. The minimum Gasteiger partial charge on any atom is -0.392 e. The summed E-state index contributed by atoms with van der Waals surface area (Å²) in [5, 5.41) is 23.4. The number of aliphatic hydroxyl groups is 2. The first-order valence-electron chi connectivity index (χ1n) is 18.2. The van der Waals surface area contributed by atoms with Gasteiger partial charge >= 0.3 is 12.1 Å². The van der Waals surface area contributed by atoms with Gasteiger partial charge in [-0.1, -0.05) is 97.1 Å². The van der Waals surface area contributed by atoms with Crippen LogP contribution in [0.1, 0.15) is 72.5 Å². The lowest BCUT2D eigenvalue weighted by atomic mass is 9.98. The van der Waals surface area contributed by atoms with Crippen molar-refractivity contribution in [2.24, 2.45) is 0 Å². The Labute approximate surface area is 313 Å². The summed E-state index contributed by atoms with van der Waals surface area (Å²) in [7, 11) is 1.97. The van der Waals surface area contributed by atoms with E-state index in [1.807, 2.05) is 117 Å². The summed E-state index contributed by atoms with van der Waals surface area (Å²) in [6.07, 6.45) is -5.79. The topological polar surface area (TPSA) is 112 Å². The van der Waals surface area contributed by atoms with Crippen LogP contribution in [0.5, 0.6) is 0 Å². The zero-order chi connectivity index (χ0) is 38.4. The summed E-state index contributed by atoms with van der Waals surface area (Å²) in [4.78, 5) is 27.4. The fourth-order valence-corrected chi connectivity index (χ4v) is 7.14. The summed E-state index contributed by atoms with van der Waals surface area (Å²) < 4.78 is 52.2. The number of hydrogen-bond donors (Lipinski definition) is 3. The van der Waals surface area contributed by atoms with Crippen molar-refractivity contribution in [3.8, 4) is 11.1 Å². The molecular formula is C42H46F3N3O6. The molecule has 12 heteroatoms. The van der Waals surface area contributed by atoms with Crippen LogP contribution < -0.4 is 5.32 Å². The highest BCUT2D eigenvalue weighted by Gasteiger charge is 2.47. The van der Waals surface area contributed by atoms with Crippen LogP contribution in [0.3, 0.4) is 0 Å². The summed E-state index contributed by atoms with van der Waals surface area (Å²) in [5.41, 5.74) is 5.97. The first kappa shape index (κ1) is 39.1. The Kier molecular flexibility index (Phi) is 12.5. The number of likely N-dealkylation sites (tertiary alicyclic amines) is 1. The van der Waals surface area contributed by atoms with E-state index in [1.165, 1.54) is 0 Å². The van der Waals surface area contributed by atoms with Crippen LogP contribution in [0.4, 0.5) is 13.2 Å². The van der Waals surface area contributed by atoms with Crippen LogP contribution >= 0.6 is 0 Å². The van der Waals surface area contributed by atoms with Gasteiger partial charge in [0.25, 0.3) is 0 Å². The van der Waals surface area contributed by atoms with E-state index in [0.717, 1.165) is 38.9 Å². The van der Waals surface area contributed by atoms with Gasteiger partial charge in [0.05, 0.1) is 24.9 Å². The molecule has 286 valence electrons. The molecule has 9 nitrogen and oxygen atoms in total. The lowest BCUT2D eigenvalue weighted by Gasteiger charge is -2.39. The van der Waals surface area contributed by atoms with E-state index in [-0.39, 0.29) is 44.4 Å². The molecule has 0 spiro atoms. The molecule has 54 heavy (non-hydrogen) atoms. The molecule has 0 bridgehead atoms. The molecule has 4 aromatic carbocycles. The molecule has 0 saturated carbocycles. The maximum atomic E-state index is 13.0. The van der Waals surface area contributed by atoms with Crippen LogP contribution in [-0.2, 0) is 32.2 Å². The summed E-state index contributed by atoms with van der Waals surface area (Å²) >= 11 is 0. The Bertz CT molecular complexity index is 1860. The summed E-state index contributed by atoms with van der Waals surface area (Å²) in [6, 6.07) is 31.2. The van der Waals surface area contributed by atoms with Gasteiger partial charge in [-0.05, 0) is 66.3 Å². The second-order valence-corrected chi connectivity index (χ2v) is 14.1. The Morgan fingerprint density at radius 1 is 0.907 bits per heavy atom. The number of amides is 2. The zero-order valence-electron chi connectivity index (χ0n) is 30.3. The van der Waals surface area contributed by atoms with Gasteiger partial charge in [0.2, 0.25) is 5.91 Å².